The minimum atomic E-state index is -0.740. The van der Waals surface area contributed by atoms with Crippen molar-refractivity contribution < 1.29 is 18.0 Å². The number of fused-ring (bicyclic) bond motifs is 5. The molecule has 0 saturated heterocycles. The van der Waals surface area contributed by atoms with Crippen molar-refractivity contribution in [3.63, 3.8) is 0 Å². The highest BCUT2D eigenvalue weighted by molar-refractivity contribution is 9.11. The van der Waals surface area contributed by atoms with E-state index in [9.17, 15) is 8.78 Å². The maximum Gasteiger partial charge on any atom is 0.153 e. The van der Waals surface area contributed by atoms with E-state index in [4.69, 9.17) is 0 Å². The maximum atomic E-state index is 14.5. The minimum absolute atomic E-state index is 0.00673. The van der Waals surface area contributed by atoms with Crippen LogP contribution in [0.5, 0.6) is 0 Å². The van der Waals surface area contributed by atoms with Crippen molar-refractivity contribution in [3.05, 3.63) is 20.6 Å². The van der Waals surface area contributed by atoms with Crippen LogP contribution in [0.3, 0.4) is 0 Å². The van der Waals surface area contributed by atoms with Crippen LogP contribution < -0.4 is 0 Å². The Kier molecular flexibility index (Phi) is 2.37. The van der Waals surface area contributed by atoms with Crippen LogP contribution in [-0.2, 0) is 0 Å². The quantitative estimate of drug-likeness (QED) is 0.443. The fourth-order valence-electron chi connectivity index (χ4n) is 2.08. The second-order valence-electron chi connectivity index (χ2n) is 3.93. The summed E-state index contributed by atoms with van der Waals surface area (Å²) in [5, 5.41) is 14.1. The molecule has 2 aromatic carbocycles. The molecular formula is C10Br2F2N4O2. The van der Waals surface area contributed by atoms with Gasteiger partial charge in [0.25, 0.3) is 0 Å². The summed E-state index contributed by atoms with van der Waals surface area (Å²) in [4.78, 5) is 0. The molecule has 0 bridgehead atoms. The van der Waals surface area contributed by atoms with E-state index in [-0.39, 0.29) is 41.8 Å². The van der Waals surface area contributed by atoms with Gasteiger partial charge in [-0.1, -0.05) is 0 Å². The first kappa shape index (κ1) is 12.1. The van der Waals surface area contributed by atoms with Gasteiger partial charge in [0.1, 0.15) is 22.7 Å². The summed E-state index contributed by atoms with van der Waals surface area (Å²) in [6, 6.07) is 0. The third kappa shape index (κ3) is 1.30. The van der Waals surface area contributed by atoms with Crippen molar-refractivity contribution in [2.75, 3.05) is 0 Å². The molecule has 4 aromatic rings. The molecule has 4 rings (SSSR count). The predicted molar refractivity (Wildman–Crippen MR) is 70.0 cm³/mol. The van der Waals surface area contributed by atoms with Gasteiger partial charge in [-0.25, -0.2) is 18.0 Å². The molecule has 10 heteroatoms. The lowest BCUT2D eigenvalue weighted by molar-refractivity contribution is 0.315. The second kappa shape index (κ2) is 3.92. The van der Waals surface area contributed by atoms with Gasteiger partial charge in [0.05, 0.1) is 19.7 Å². The largest absolute Gasteiger partial charge is 0.243 e. The van der Waals surface area contributed by atoms with Crippen LogP contribution in [0.1, 0.15) is 0 Å². The maximum absolute atomic E-state index is 14.5. The number of rotatable bonds is 0. The van der Waals surface area contributed by atoms with Gasteiger partial charge in [0, 0.05) is 0 Å². The second-order valence-corrected chi connectivity index (χ2v) is 5.51. The molecule has 0 aliphatic heterocycles. The fourth-order valence-corrected chi connectivity index (χ4v) is 3.00. The Morgan fingerprint density at radius 2 is 1.00 bits per heavy atom. The Hall–Kier alpha value is -1.68. The Bertz CT molecular complexity index is 931. The number of aromatic nitrogens is 4. The van der Waals surface area contributed by atoms with Gasteiger partial charge in [-0.05, 0) is 52.5 Å². The molecule has 20 heavy (non-hydrogen) atoms. The average Bonchev–Trinajstić information content (AvgIpc) is 3.08. The minimum Gasteiger partial charge on any atom is -0.243 e. The lowest BCUT2D eigenvalue weighted by Crippen LogP contribution is -1.93. The van der Waals surface area contributed by atoms with Crippen molar-refractivity contribution >= 4 is 64.7 Å². The SMILES string of the molecule is Fc1c(Br)c2nonc2c2c(F)c(Br)c3nonc3c12. The molecule has 0 aliphatic carbocycles. The van der Waals surface area contributed by atoms with Crippen LogP contribution in [0.25, 0.3) is 32.8 Å². The first-order chi connectivity index (χ1) is 9.61. The lowest BCUT2D eigenvalue weighted by atomic mass is 10.1. The van der Waals surface area contributed by atoms with Crippen LogP contribution in [0, 0.1) is 11.6 Å². The number of benzene rings is 2. The molecule has 0 fully saturated rings. The lowest BCUT2D eigenvalue weighted by Gasteiger charge is -2.05. The monoisotopic (exact) mass is 404 g/mol. The molecule has 0 radical (unpaired) electrons. The molecule has 2 aromatic heterocycles. The van der Waals surface area contributed by atoms with Crippen molar-refractivity contribution in [3.8, 4) is 0 Å². The third-order valence-corrected chi connectivity index (χ3v) is 4.39. The molecule has 0 amide bonds. The summed E-state index contributed by atoms with van der Waals surface area (Å²) in [5.74, 6) is -1.48. The zero-order chi connectivity index (χ0) is 14.0. The van der Waals surface area contributed by atoms with E-state index in [0.717, 1.165) is 0 Å². The summed E-state index contributed by atoms with van der Waals surface area (Å²) >= 11 is 6.10. The number of halogens is 4. The smallest absolute Gasteiger partial charge is 0.153 e. The summed E-state index contributed by atoms with van der Waals surface area (Å²) in [5.41, 5.74) is 0.320. The van der Waals surface area contributed by atoms with Gasteiger partial charge in [0.2, 0.25) is 0 Å². The highest BCUT2D eigenvalue weighted by Crippen LogP contribution is 2.41. The zero-order valence-corrected chi connectivity index (χ0v) is 12.3. The Labute approximate surface area is 124 Å². The molecule has 0 atom stereocenters. The molecule has 0 aliphatic rings. The molecule has 6 nitrogen and oxygen atoms in total. The van der Waals surface area contributed by atoms with E-state index in [1.807, 2.05) is 0 Å². The van der Waals surface area contributed by atoms with E-state index in [0.29, 0.717) is 0 Å². The van der Waals surface area contributed by atoms with Gasteiger partial charge in [0.15, 0.2) is 11.0 Å². The van der Waals surface area contributed by atoms with Gasteiger partial charge in [-0.15, -0.1) is 0 Å². The number of hydrogen-bond donors (Lipinski definition) is 0. The number of hydrogen-bond acceptors (Lipinski definition) is 6. The van der Waals surface area contributed by atoms with Crippen molar-refractivity contribution in [2.24, 2.45) is 0 Å². The van der Waals surface area contributed by atoms with Gasteiger partial charge < -0.3 is 0 Å². The highest BCUT2D eigenvalue weighted by Gasteiger charge is 2.26. The van der Waals surface area contributed by atoms with Crippen LogP contribution in [0.15, 0.2) is 18.2 Å². The topological polar surface area (TPSA) is 77.8 Å². The molecular weight excluding hydrogens is 406 g/mol. The third-order valence-electron chi connectivity index (χ3n) is 2.94. The van der Waals surface area contributed by atoms with E-state index >= 15 is 0 Å². The summed E-state index contributed by atoms with van der Waals surface area (Å²) < 4.78 is 38.1. The molecule has 0 unspecified atom stereocenters. The van der Waals surface area contributed by atoms with Gasteiger partial charge >= 0.3 is 0 Å². The normalized spacial score (nSPS) is 12.0. The first-order valence-electron chi connectivity index (χ1n) is 5.13. The highest BCUT2D eigenvalue weighted by atomic mass is 79.9. The predicted octanol–water partition coefficient (Wildman–Crippen LogP) is 3.72. The van der Waals surface area contributed by atoms with Gasteiger partial charge in [-0.2, -0.15) is 0 Å². The standard InChI is InChI=1S/C10Br2F2N4O2/c11-3-5(13)1-2(8-10(3)18-20-16-8)6(14)4(12)9-7(1)15-19-17-9. The Morgan fingerprint density at radius 1 is 0.650 bits per heavy atom. The zero-order valence-electron chi connectivity index (χ0n) is 9.12. The van der Waals surface area contributed by atoms with E-state index in [1.54, 1.807) is 0 Å². The summed E-state index contributed by atoms with van der Waals surface area (Å²) in [6.45, 7) is 0. The molecule has 0 saturated carbocycles. The summed E-state index contributed by atoms with van der Waals surface area (Å²) in [6.07, 6.45) is 0. The number of nitrogens with zero attached hydrogens (tertiary/aromatic N) is 4. The van der Waals surface area contributed by atoms with Crippen LogP contribution >= 0.6 is 31.9 Å². The Balaban J connectivity index is 2.49. The van der Waals surface area contributed by atoms with E-state index in [2.05, 4.69) is 61.7 Å². The molecule has 100 valence electrons. The molecule has 0 N–H and O–H groups in total. The van der Waals surface area contributed by atoms with E-state index < -0.39 is 11.6 Å². The Morgan fingerprint density at radius 3 is 1.40 bits per heavy atom. The van der Waals surface area contributed by atoms with Crippen LogP contribution in [-0.4, -0.2) is 20.6 Å². The van der Waals surface area contributed by atoms with E-state index in [1.165, 1.54) is 0 Å². The first-order valence-corrected chi connectivity index (χ1v) is 6.72. The van der Waals surface area contributed by atoms with Crippen molar-refractivity contribution in [1.82, 2.24) is 20.6 Å². The summed E-state index contributed by atoms with van der Waals surface area (Å²) in [7, 11) is 0. The van der Waals surface area contributed by atoms with Gasteiger partial charge in [-0.3, -0.25) is 0 Å². The van der Waals surface area contributed by atoms with Crippen LogP contribution in [0.2, 0.25) is 0 Å². The molecule has 2 heterocycles. The van der Waals surface area contributed by atoms with Crippen molar-refractivity contribution in [1.29, 1.82) is 0 Å². The fraction of sp³-hybridized carbons (Fsp3) is 0. The average molecular weight is 406 g/mol. The van der Waals surface area contributed by atoms with Crippen molar-refractivity contribution in [2.45, 2.75) is 0 Å². The molecule has 0 spiro atoms. The van der Waals surface area contributed by atoms with Crippen LogP contribution in [0.4, 0.5) is 8.78 Å².